The summed E-state index contributed by atoms with van der Waals surface area (Å²) in [7, 11) is 0. The van der Waals surface area contributed by atoms with Crippen LogP contribution in [-0.2, 0) is 11.3 Å². The number of hydrogen-bond acceptors (Lipinski definition) is 4. The number of carbonyl (C=O) groups excluding carboxylic acids is 1. The van der Waals surface area contributed by atoms with Gasteiger partial charge in [0.2, 0.25) is 5.91 Å². The summed E-state index contributed by atoms with van der Waals surface area (Å²) in [5.41, 5.74) is 0.713. The third-order valence-corrected chi connectivity index (χ3v) is 4.52. The molecular formula is C18H17N3O2S. The fourth-order valence-electron chi connectivity index (χ4n) is 2.49. The summed E-state index contributed by atoms with van der Waals surface area (Å²) in [4.78, 5) is 31.6. The number of nitrogens with zero attached hydrogens (tertiary/aromatic N) is 3. The Morgan fingerprint density at radius 2 is 2.08 bits per heavy atom. The zero-order valence-corrected chi connectivity index (χ0v) is 13.9. The summed E-state index contributed by atoms with van der Waals surface area (Å²) in [6.07, 6.45) is 3.42. The summed E-state index contributed by atoms with van der Waals surface area (Å²) in [6, 6.07) is 11.2. The third-order valence-electron chi connectivity index (χ3n) is 3.70. The van der Waals surface area contributed by atoms with E-state index in [1.807, 2.05) is 35.7 Å². The number of benzene rings is 1. The SMILES string of the molecule is C=CCN(C(=O)CCn1cnc2sccc2c1=O)c1ccccc1. The van der Waals surface area contributed by atoms with E-state index < -0.39 is 0 Å². The second-order valence-electron chi connectivity index (χ2n) is 5.26. The number of amides is 1. The van der Waals surface area contributed by atoms with Crippen LogP contribution < -0.4 is 10.5 Å². The molecule has 0 bridgehead atoms. The molecule has 3 rings (SSSR count). The molecule has 5 nitrogen and oxygen atoms in total. The van der Waals surface area contributed by atoms with Gasteiger partial charge in [0.05, 0.1) is 11.7 Å². The summed E-state index contributed by atoms with van der Waals surface area (Å²) in [5.74, 6) is -0.0570. The number of anilines is 1. The summed E-state index contributed by atoms with van der Waals surface area (Å²) in [6.45, 7) is 4.44. The highest BCUT2D eigenvalue weighted by Gasteiger charge is 2.15. The molecule has 0 aliphatic heterocycles. The van der Waals surface area contributed by atoms with Gasteiger partial charge in [-0.25, -0.2) is 4.98 Å². The van der Waals surface area contributed by atoms with Crippen LogP contribution >= 0.6 is 11.3 Å². The standard InChI is InChI=1S/C18H17N3O2S/c1-2-10-21(14-6-4-3-5-7-14)16(22)8-11-20-13-19-17-15(18(20)23)9-12-24-17/h2-7,9,12-13H,1,8,10-11H2. The number of aromatic nitrogens is 2. The number of hydrogen-bond donors (Lipinski definition) is 0. The number of carbonyl (C=O) groups is 1. The molecule has 6 heteroatoms. The first kappa shape index (κ1) is 16.1. The lowest BCUT2D eigenvalue weighted by molar-refractivity contribution is -0.118. The van der Waals surface area contributed by atoms with E-state index in [-0.39, 0.29) is 17.9 Å². The summed E-state index contributed by atoms with van der Waals surface area (Å²) in [5, 5.41) is 2.44. The van der Waals surface area contributed by atoms with E-state index in [2.05, 4.69) is 11.6 Å². The minimum absolute atomic E-state index is 0.0570. The van der Waals surface area contributed by atoms with Crippen LogP contribution in [0, 0.1) is 0 Å². The molecule has 0 atom stereocenters. The molecule has 0 saturated heterocycles. The Labute approximate surface area is 143 Å². The molecule has 0 fully saturated rings. The van der Waals surface area contributed by atoms with Crippen LogP contribution in [0.5, 0.6) is 0 Å². The Morgan fingerprint density at radius 1 is 1.29 bits per heavy atom. The van der Waals surface area contributed by atoms with Crippen molar-refractivity contribution in [2.24, 2.45) is 0 Å². The Kier molecular flexibility index (Phi) is 4.86. The van der Waals surface area contributed by atoms with Crippen molar-refractivity contribution in [3.05, 3.63) is 71.1 Å². The molecule has 0 aliphatic carbocycles. The van der Waals surface area contributed by atoms with Crippen molar-refractivity contribution >= 4 is 33.1 Å². The van der Waals surface area contributed by atoms with Crippen molar-refractivity contribution in [2.45, 2.75) is 13.0 Å². The Hall–Kier alpha value is -2.73. The lowest BCUT2D eigenvalue weighted by atomic mass is 10.2. The zero-order chi connectivity index (χ0) is 16.9. The smallest absolute Gasteiger partial charge is 0.262 e. The van der Waals surface area contributed by atoms with Gasteiger partial charge in [0, 0.05) is 25.2 Å². The van der Waals surface area contributed by atoms with Crippen LogP contribution in [0.25, 0.3) is 10.2 Å². The first-order chi connectivity index (χ1) is 11.7. The van der Waals surface area contributed by atoms with Gasteiger partial charge < -0.3 is 4.90 Å². The summed E-state index contributed by atoms with van der Waals surface area (Å²) < 4.78 is 1.49. The summed E-state index contributed by atoms with van der Waals surface area (Å²) >= 11 is 1.43. The molecule has 1 aromatic carbocycles. The van der Waals surface area contributed by atoms with Crippen LogP contribution in [-0.4, -0.2) is 22.0 Å². The first-order valence-corrected chi connectivity index (χ1v) is 8.47. The average molecular weight is 339 g/mol. The van der Waals surface area contributed by atoms with Gasteiger partial charge in [-0.15, -0.1) is 17.9 Å². The van der Waals surface area contributed by atoms with Gasteiger partial charge in [0.1, 0.15) is 4.83 Å². The van der Waals surface area contributed by atoms with Gasteiger partial charge in [0.15, 0.2) is 0 Å². The zero-order valence-electron chi connectivity index (χ0n) is 13.1. The van der Waals surface area contributed by atoms with Crippen molar-refractivity contribution in [2.75, 3.05) is 11.4 Å². The molecule has 3 aromatic rings. The maximum atomic E-state index is 12.6. The van der Waals surface area contributed by atoms with Gasteiger partial charge in [-0.05, 0) is 23.6 Å². The van der Waals surface area contributed by atoms with Crippen molar-refractivity contribution in [1.82, 2.24) is 9.55 Å². The van der Waals surface area contributed by atoms with Gasteiger partial charge in [-0.2, -0.15) is 0 Å². The van der Waals surface area contributed by atoms with Crippen LogP contribution in [0.15, 0.2) is 65.6 Å². The van der Waals surface area contributed by atoms with E-state index in [4.69, 9.17) is 0 Å². The molecule has 1 amide bonds. The lowest BCUT2D eigenvalue weighted by Gasteiger charge is -2.21. The van der Waals surface area contributed by atoms with E-state index in [0.29, 0.717) is 18.5 Å². The topological polar surface area (TPSA) is 55.2 Å². The normalized spacial score (nSPS) is 10.7. The number of rotatable bonds is 6. The fourth-order valence-corrected chi connectivity index (χ4v) is 3.22. The maximum Gasteiger partial charge on any atom is 0.262 e. The predicted molar refractivity (Wildman–Crippen MR) is 97.5 cm³/mol. The van der Waals surface area contributed by atoms with E-state index in [0.717, 1.165) is 10.5 Å². The molecule has 2 heterocycles. The largest absolute Gasteiger partial charge is 0.309 e. The number of aryl methyl sites for hydroxylation is 1. The molecule has 0 spiro atoms. The van der Waals surface area contributed by atoms with E-state index in [1.165, 1.54) is 22.2 Å². The average Bonchev–Trinajstić information content (AvgIpc) is 3.09. The third kappa shape index (κ3) is 3.28. The lowest BCUT2D eigenvalue weighted by Crippen LogP contribution is -2.32. The van der Waals surface area contributed by atoms with E-state index in [9.17, 15) is 9.59 Å². The molecule has 122 valence electrons. The maximum absolute atomic E-state index is 12.6. The monoisotopic (exact) mass is 339 g/mol. The van der Waals surface area contributed by atoms with Gasteiger partial charge >= 0.3 is 0 Å². The van der Waals surface area contributed by atoms with Crippen LogP contribution in [0.1, 0.15) is 6.42 Å². The minimum atomic E-state index is -0.107. The molecule has 2 aromatic heterocycles. The van der Waals surface area contributed by atoms with E-state index in [1.54, 1.807) is 17.0 Å². The van der Waals surface area contributed by atoms with Crippen LogP contribution in [0.3, 0.4) is 0 Å². The Balaban J connectivity index is 1.76. The molecule has 0 saturated carbocycles. The van der Waals surface area contributed by atoms with Gasteiger partial charge in [0.25, 0.3) is 5.56 Å². The van der Waals surface area contributed by atoms with Crippen molar-refractivity contribution < 1.29 is 4.79 Å². The molecule has 0 radical (unpaired) electrons. The molecule has 24 heavy (non-hydrogen) atoms. The minimum Gasteiger partial charge on any atom is -0.309 e. The fraction of sp³-hybridized carbons (Fsp3) is 0.167. The second-order valence-corrected chi connectivity index (χ2v) is 6.16. The highest BCUT2D eigenvalue weighted by Crippen LogP contribution is 2.15. The predicted octanol–water partition coefficient (Wildman–Crippen LogP) is 3.07. The van der Waals surface area contributed by atoms with Crippen molar-refractivity contribution in [3.8, 4) is 0 Å². The highest BCUT2D eigenvalue weighted by atomic mass is 32.1. The molecule has 0 unspecified atom stereocenters. The highest BCUT2D eigenvalue weighted by molar-refractivity contribution is 7.16. The van der Waals surface area contributed by atoms with E-state index >= 15 is 0 Å². The number of fused-ring (bicyclic) bond motifs is 1. The first-order valence-electron chi connectivity index (χ1n) is 7.59. The second kappa shape index (κ2) is 7.23. The number of thiophene rings is 1. The van der Waals surface area contributed by atoms with Crippen LogP contribution in [0.4, 0.5) is 5.69 Å². The van der Waals surface area contributed by atoms with Crippen molar-refractivity contribution in [3.63, 3.8) is 0 Å². The van der Waals surface area contributed by atoms with Gasteiger partial charge in [-0.3, -0.25) is 14.2 Å². The van der Waals surface area contributed by atoms with Crippen LogP contribution in [0.2, 0.25) is 0 Å². The number of para-hydroxylation sites is 1. The molecule has 0 aliphatic rings. The Bertz CT molecular complexity index is 915. The Morgan fingerprint density at radius 3 is 2.83 bits per heavy atom. The van der Waals surface area contributed by atoms with Gasteiger partial charge in [-0.1, -0.05) is 24.3 Å². The molecule has 0 N–H and O–H groups in total. The quantitative estimate of drug-likeness (QED) is 0.649. The van der Waals surface area contributed by atoms with Crippen molar-refractivity contribution in [1.29, 1.82) is 0 Å². The molecular weight excluding hydrogens is 322 g/mol.